The topological polar surface area (TPSA) is 89.3 Å². The average molecular weight is 310 g/mol. The summed E-state index contributed by atoms with van der Waals surface area (Å²) >= 11 is 0. The largest absolute Gasteiger partial charge is 0.289 e. The zero-order valence-electron chi connectivity index (χ0n) is 11.6. The van der Waals surface area contributed by atoms with Crippen LogP contribution in [0.3, 0.4) is 0 Å². The van der Waals surface area contributed by atoms with Gasteiger partial charge in [-0.3, -0.25) is 10.1 Å². The lowest BCUT2D eigenvalue weighted by molar-refractivity contribution is -0.387. The summed E-state index contributed by atoms with van der Waals surface area (Å²) in [5.74, 6) is 1.74. The number of benzene rings is 1. The molecule has 0 aliphatic heterocycles. The summed E-state index contributed by atoms with van der Waals surface area (Å²) in [6.45, 7) is 0.384. The zero-order valence-corrected chi connectivity index (χ0v) is 12.4. The average Bonchev–Trinajstić information content (AvgIpc) is 3.08. The van der Waals surface area contributed by atoms with Crippen LogP contribution in [0.5, 0.6) is 0 Å². The maximum Gasteiger partial charge on any atom is 0.289 e. The minimum absolute atomic E-state index is 0.252. The molecule has 7 heteroatoms. The third-order valence-corrected chi connectivity index (χ3v) is 6.24. The van der Waals surface area contributed by atoms with Crippen LogP contribution in [-0.2, 0) is 10.0 Å². The van der Waals surface area contributed by atoms with Crippen LogP contribution in [0, 0.1) is 27.9 Å². The first kappa shape index (κ1) is 14.5. The number of hydrogen-bond donors (Lipinski definition) is 1. The SMILES string of the molecule is O=[N+]([O-])c1ccccc1S(=O)(=O)NCC1CC2CCC1C2. The summed E-state index contributed by atoms with van der Waals surface area (Å²) in [6, 6.07) is 5.46. The number of sulfonamides is 1. The lowest BCUT2D eigenvalue weighted by Gasteiger charge is -2.21. The zero-order chi connectivity index (χ0) is 15.0. The summed E-state index contributed by atoms with van der Waals surface area (Å²) in [7, 11) is -3.83. The van der Waals surface area contributed by atoms with Crippen molar-refractivity contribution in [1.82, 2.24) is 4.72 Å². The lowest BCUT2D eigenvalue weighted by atomic mass is 9.89. The van der Waals surface area contributed by atoms with Crippen LogP contribution in [0.25, 0.3) is 0 Å². The molecule has 2 aliphatic carbocycles. The van der Waals surface area contributed by atoms with Crippen LogP contribution < -0.4 is 4.72 Å². The van der Waals surface area contributed by atoms with Gasteiger partial charge in [0.2, 0.25) is 10.0 Å². The van der Waals surface area contributed by atoms with Gasteiger partial charge < -0.3 is 0 Å². The Morgan fingerprint density at radius 3 is 2.62 bits per heavy atom. The quantitative estimate of drug-likeness (QED) is 0.667. The number of nitrogens with zero attached hydrogens (tertiary/aromatic N) is 1. The van der Waals surface area contributed by atoms with Crippen molar-refractivity contribution in [3.63, 3.8) is 0 Å². The highest BCUT2D eigenvalue weighted by atomic mass is 32.2. The van der Waals surface area contributed by atoms with E-state index < -0.39 is 14.9 Å². The molecule has 1 aromatic rings. The van der Waals surface area contributed by atoms with Crippen molar-refractivity contribution in [2.45, 2.75) is 30.6 Å². The lowest BCUT2D eigenvalue weighted by Crippen LogP contribution is -2.32. The third-order valence-electron chi connectivity index (χ3n) is 4.77. The summed E-state index contributed by atoms with van der Waals surface area (Å²) in [5, 5.41) is 10.9. The van der Waals surface area contributed by atoms with Gasteiger partial charge in [-0.15, -0.1) is 0 Å². The number of nitro benzene ring substituents is 1. The van der Waals surface area contributed by atoms with Crippen LogP contribution in [0.1, 0.15) is 25.7 Å². The Bertz CT molecular complexity index is 659. The van der Waals surface area contributed by atoms with Crippen molar-refractivity contribution in [3.8, 4) is 0 Å². The van der Waals surface area contributed by atoms with Crippen LogP contribution in [-0.4, -0.2) is 19.9 Å². The van der Waals surface area contributed by atoms with E-state index in [2.05, 4.69) is 4.72 Å². The molecule has 0 amide bonds. The van der Waals surface area contributed by atoms with E-state index in [0.29, 0.717) is 18.4 Å². The number of nitro groups is 1. The summed E-state index contributed by atoms with van der Waals surface area (Å²) in [6.07, 6.45) is 4.72. The molecule has 0 heterocycles. The molecule has 1 aromatic carbocycles. The second-order valence-corrected chi connectivity index (χ2v) is 7.75. The van der Waals surface area contributed by atoms with E-state index in [0.717, 1.165) is 12.3 Å². The normalized spacial score (nSPS) is 27.9. The second kappa shape index (κ2) is 5.38. The van der Waals surface area contributed by atoms with Crippen LogP contribution in [0.15, 0.2) is 29.2 Å². The minimum atomic E-state index is -3.83. The summed E-state index contributed by atoms with van der Waals surface area (Å²) in [5.41, 5.74) is -0.377. The van der Waals surface area contributed by atoms with Gasteiger partial charge in [-0.25, -0.2) is 13.1 Å². The predicted octanol–water partition coefficient (Wildman–Crippen LogP) is 2.31. The van der Waals surface area contributed by atoms with E-state index >= 15 is 0 Å². The molecule has 6 nitrogen and oxygen atoms in total. The molecule has 1 N–H and O–H groups in total. The molecule has 2 aliphatic rings. The Balaban J connectivity index is 1.74. The van der Waals surface area contributed by atoms with E-state index in [9.17, 15) is 18.5 Å². The third kappa shape index (κ3) is 2.80. The summed E-state index contributed by atoms with van der Waals surface area (Å²) < 4.78 is 27.2. The van der Waals surface area contributed by atoms with Crippen molar-refractivity contribution >= 4 is 15.7 Å². The molecular weight excluding hydrogens is 292 g/mol. The van der Waals surface area contributed by atoms with E-state index in [1.54, 1.807) is 0 Å². The molecule has 0 saturated heterocycles. The maximum atomic E-state index is 12.3. The van der Waals surface area contributed by atoms with Crippen molar-refractivity contribution < 1.29 is 13.3 Å². The smallest absolute Gasteiger partial charge is 0.258 e. The first-order valence-corrected chi connectivity index (χ1v) is 8.69. The highest BCUT2D eigenvalue weighted by Crippen LogP contribution is 2.48. The first-order chi connectivity index (χ1) is 9.97. The fourth-order valence-electron chi connectivity index (χ4n) is 3.76. The molecule has 2 fully saturated rings. The van der Waals surface area contributed by atoms with Gasteiger partial charge in [0, 0.05) is 12.6 Å². The first-order valence-electron chi connectivity index (χ1n) is 7.20. The molecule has 21 heavy (non-hydrogen) atoms. The molecule has 2 bridgehead atoms. The fourth-order valence-corrected chi connectivity index (χ4v) is 5.02. The van der Waals surface area contributed by atoms with Crippen LogP contribution in [0.2, 0.25) is 0 Å². The molecule has 3 atom stereocenters. The van der Waals surface area contributed by atoms with Crippen molar-refractivity contribution in [2.24, 2.45) is 17.8 Å². The number of rotatable bonds is 5. The number of hydrogen-bond acceptors (Lipinski definition) is 4. The van der Waals surface area contributed by atoms with Crippen molar-refractivity contribution in [3.05, 3.63) is 34.4 Å². The molecule has 0 spiro atoms. The number of para-hydroxylation sites is 1. The number of fused-ring (bicyclic) bond motifs is 2. The molecule has 3 unspecified atom stereocenters. The van der Waals surface area contributed by atoms with Gasteiger partial charge in [-0.1, -0.05) is 18.6 Å². The highest BCUT2D eigenvalue weighted by molar-refractivity contribution is 7.89. The monoisotopic (exact) mass is 310 g/mol. The van der Waals surface area contributed by atoms with Gasteiger partial charge in [0.05, 0.1) is 4.92 Å². The molecule has 3 rings (SSSR count). The standard InChI is InChI=1S/C14H18N2O4S/c17-16(18)13-3-1-2-4-14(13)21(19,20)15-9-12-8-10-5-6-11(12)7-10/h1-4,10-12,15H,5-9H2. The van der Waals surface area contributed by atoms with E-state index in [1.807, 2.05) is 0 Å². The Labute approximate surface area is 123 Å². The van der Waals surface area contributed by atoms with Crippen molar-refractivity contribution in [2.75, 3.05) is 6.54 Å². The second-order valence-electron chi connectivity index (χ2n) is 6.01. The van der Waals surface area contributed by atoms with E-state index in [1.165, 1.54) is 43.5 Å². The van der Waals surface area contributed by atoms with E-state index in [-0.39, 0.29) is 10.6 Å². The molecular formula is C14H18N2O4S. The molecule has 114 valence electrons. The van der Waals surface area contributed by atoms with Gasteiger partial charge in [-0.2, -0.15) is 0 Å². The minimum Gasteiger partial charge on any atom is -0.258 e. The van der Waals surface area contributed by atoms with E-state index in [4.69, 9.17) is 0 Å². The maximum absolute atomic E-state index is 12.3. The van der Waals surface area contributed by atoms with Gasteiger partial charge in [0.25, 0.3) is 5.69 Å². The van der Waals surface area contributed by atoms with Crippen LogP contribution >= 0.6 is 0 Å². The molecule has 0 radical (unpaired) electrons. The van der Waals surface area contributed by atoms with Crippen molar-refractivity contribution in [1.29, 1.82) is 0 Å². The Hall–Kier alpha value is -1.47. The molecule has 0 aromatic heterocycles. The van der Waals surface area contributed by atoms with Gasteiger partial charge in [0.15, 0.2) is 4.90 Å². The van der Waals surface area contributed by atoms with Gasteiger partial charge >= 0.3 is 0 Å². The van der Waals surface area contributed by atoms with Gasteiger partial charge in [0.1, 0.15) is 0 Å². The van der Waals surface area contributed by atoms with Gasteiger partial charge in [-0.05, 0) is 43.1 Å². The highest BCUT2D eigenvalue weighted by Gasteiger charge is 2.39. The van der Waals surface area contributed by atoms with Crippen LogP contribution in [0.4, 0.5) is 5.69 Å². The predicted molar refractivity (Wildman–Crippen MR) is 77.2 cm³/mol. The fraction of sp³-hybridized carbons (Fsp3) is 0.571. The molecule has 2 saturated carbocycles. The number of nitrogens with one attached hydrogen (secondary N) is 1. The Morgan fingerprint density at radius 2 is 2.00 bits per heavy atom. The Morgan fingerprint density at radius 1 is 1.24 bits per heavy atom. The summed E-state index contributed by atoms with van der Waals surface area (Å²) in [4.78, 5) is 10.0. The Kier molecular flexibility index (Phi) is 3.71.